The molecule has 2 aliphatic rings. The molecule has 2 aliphatic carbocycles. The molecule has 1 heterocycles. The molecule has 0 saturated heterocycles. The summed E-state index contributed by atoms with van der Waals surface area (Å²) in [6, 6.07) is 8.27. The van der Waals surface area contributed by atoms with E-state index in [0.29, 0.717) is 5.41 Å². The van der Waals surface area contributed by atoms with E-state index >= 15 is 0 Å². The Bertz CT molecular complexity index is 598. The van der Waals surface area contributed by atoms with Gasteiger partial charge in [-0.05, 0) is 56.1 Å². The lowest BCUT2D eigenvalue weighted by molar-refractivity contribution is -0.0322. The molecule has 0 bridgehead atoms. The number of hydrogen-bond acceptors (Lipinski definition) is 3. The minimum absolute atomic E-state index is 0.512. The highest BCUT2D eigenvalue weighted by atomic mass is 32.1. The van der Waals surface area contributed by atoms with Crippen LogP contribution in [0.4, 0.5) is 0 Å². The molecule has 1 N–H and O–H groups in total. The van der Waals surface area contributed by atoms with Crippen LogP contribution < -0.4 is 0 Å². The van der Waals surface area contributed by atoms with Gasteiger partial charge in [-0.1, -0.05) is 25.0 Å². The Balaban J connectivity index is 1.48. The van der Waals surface area contributed by atoms with Crippen LogP contribution in [0.2, 0.25) is 0 Å². The summed E-state index contributed by atoms with van der Waals surface area (Å²) in [6.45, 7) is 0. The van der Waals surface area contributed by atoms with Gasteiger partial charge in [-0.3, -0.25) is 0 Å². The number of fused-ring (bicyclic) bond motifs is 1. The lowest BCUT2D eigenvalue weighted by atomic mass is 9.67. The second-order valence-electron chi connectivity index (χ2n) is 7.18. The molecule has 0 atom stereocenters. The largest absolute Gasteiger partial charge is 0.389 e. The van der Waals surface area contributed by atoms with Crippen molar-refractivity contribution in [2.24, 2.45) is 5.41 Å². The molecule has 2 fully saturated rings. The van der Waals surface area contributed by atoms with Crippen LogP contribution in [-0.2, 0) is 6.42 Å². The summed E-state index contributed by atoms with van der Waals surface area (Å²) in [4.78, 5) is 4.70. The number of rotatable bonds is 2. The summed E-state index contributed by atoms with van der Waals surface area (Å²) in [5.74, 6) is 0. The predicted octanol–water partition coefficient (Wildman–Crippen LogP) is 4.70. The molecule has 0 amide bonds. The lowest BCUT2D eigenvalue weighted by Gasteiger charge is -2.42. The highest BCUT2D eigenvalue weighted by Crippen LogP contribution is 2.51. The Hall–Kier alpha value is -0.930. The number of nitrogens with zero attached hydrogens (tertiary/aromatic N) is 1. The monoisotopic (exact) mass is 301 g/mol. The van der Waals surface area contributed by atoms with Gasteiger partial charge in [-0.2, -0.15) is 0 Å². The quantitative estimate of drug-likeness (QED) is 0.872. The zero-order chi connectivity index (χ0) is 14.3. The molecule has 4 rings (SSSR count). The molecule has 21 heavy (non-hydrogen) atoms. The number of aromatic nitrogens is 1. The smallest absolute Gasteiger partial charge is 0.0967 e. The highest BCUT2D eigenvalue weighted by Gasteiger charge is 2.43. The van der Waals surface area contributed by atoms with Gasteiger partial charge in [0.1, 0.15) is 0 Å². The zero-order valence-electron chi connectivity index (χ0n) is 12.5. The first kappa shape index (κ1) is 13.7. The van der Waals surface area contributed by atoms with Gasteiger partial charge in [-0.15, -0.1) is 11.3 Å². The Morgan fingerprint density at radius 3 is 2.43 bits per heavy atom. The summed E-state index contributed by atoms with van der Waals surface area (Å²) >= 11 is 1.74. The maximum Gasteiger partial charge on any atom is 0.0967 e. The molecular weight excluding hydrogens is 278 g/mol. The van der Waals surface area contributed by atoms with Crippen molar-refractivity contribution in [3.05, 3.63) is 29.3 Å². The van der Waals surface area contributed by atoms with Gasteiger partial charge in [0.25, 0.3) is 0 Å². The standard InChI is InChI=1S/C18H23NOS/c20-18(11-9-17(10-12-18)7-3-4-8-17)13-16-19-14-5-1-2-6-15(14)21-16/h1-2,5-6,20H,3-4,7-13H2. The van der Waals surface area contributed by atoms with Crippen LogP contribution in [0, 0.1) is 5.41 Å². The molecule has 2 aromatic rings. The molecule has 2 saturated carbocycles. The van der Waals surface area contributed by atoms with Crippen LogP contribution in [0.5, 0.6) is 0 Å². The zero-order valence-corrected chi connectivity index (χ0v) is 13.3. The van der Waals surface area contributed by atoms with Crippen molar-refractivity contribution in [2.45, 2.75) is 63.4 Å². The van der Waals surface area contributed by atoms with Crippen molar-refractivity contribution in [2.75, 3.05) is 0 Å². The molecule has 2 nitrogen and oxygen atoms in total. The van der Waals surface area contributed by atoms with E-state index in [1.54, 1.807) is 11.3 Å². The Labute approximate surface area is 130 Å². The van der Waals surface area contributed by atoms with Gasteiger partial charge in [-0.25, -0.2) is 4.98 Å². The van der Waals surface area contributed by atoms with E-state index in [0.717, 1.165) is 29.8 Å². The van der Waals surface area contributed by atoms with Gasteiger partial charge in [0.2, 0.25) is 0 Å². The van der Waals surface area contributed by atoms with Crippen LogP contribution >= 0.6 is 11.3 Å². The van der Waals surface area contributed by atoms with Gasteiger partial charge >= 0.3 is 0 Å². The number of hydrogen-bond donors (Lipinski definition) is 1. The maximum atomic E-state index is 11.0. The molecule has 0 radical (unpaired) electrons. The summed E-state index contributed by atoms with van der Waals surface area (Å²) < 4.78 is 1.24. The second-order valence-corrected chi connectivity index (χ2v) is 8.30. The van der Waals surface area contributed by atoms with Gasteiger partial charge in [0.05, 0.1) is 20.8 Å². The molecule has 1 aromatic heterocycles. The van der Waals surface area contributed by atoms with E-state index in [1.165, 1.54) is 43.2 Å². The molecule has 3 heteroatoms. The van der Waals surface area contributed by atoms with E-state index in [-0.39, 0.29) is 0 Å². The molecular formula is C18H23NOS. The Kier molecular flexibility index (Phi) is 3.31. The van der Waals surface area contributed by atoms with Crippen LogP contribution in [0.3, 0.4) is 0 Å². The summed E-state index contributed by atoms with van der Waals surface area (Å²) in [5.41, 5.74) is 1.14. The highest BCUT2D eigenvalue weighted by molar-refractivity contribution is 7.18. The first-order valence-electron chi connectivity index (χ1n) is 8.23. The SMILES string of the molecule is OC1(Cc2nc3ccccc3s2)CCC2(CCCC2)CC1. The van der Waals surface area contributed by atoms with Crippen LogP contribution in [0.1, 0.15) is 56.4 Å². The Morgan fingerprint density at radius 1 is 1.00 bits per heavy atom. The van der Waals surface area contributed by atoms with Gasteiger partial charge < -0.3 is 5.11 Å². The average molecular weight is 301 g/mol. The van der Waals surface area contributed by atoms with Crippen molar-refractivity contribution in [1.82, 2.24) is 4.98 Å². The van der Waals surface area contributed by atoms with Crippen LogP contribution in [0.25, 0.3) is 10.2 Å². The fraction of sp³-hybridized carbons (Fsp3) is 0.611. The van der Waals surface area contributed by atoms with Crippen LogP contribution in [-0.4, -0.2) is 15.7 Å². The predicted molar refractivity (Wildman–Crippen MR) is 87.6 cm³/mol. The summed E-state index contributed by atoms with van der Waals surface area (Å²) in [5, 5.41) is 12.1. The van der Waals surface area contributed by atoms with E-state index in [1.807, 2.05) is 6.07 Å². The maximum absolute atomic E-state index is 11.0. The normalized spacial score (nSPS) is 23.9. The molecule has 1 spiro atoms. The van der Waals surface area contributed by atoms with E-state index in [9.17, 15) is 5.11 Å². The third kappa shape index (κ3) is 2.62. The van der Waals surface area contributed by atoms with Gasteiger partial charge in [0.15, 0.2) is 0 Å². The topological polar surface area (TPSA) is 33.1 Å². The van der Waals surface area contributed by atoms with Crippen molar-refractivity contribution in [3.63, 3.8) is 0 Å². The molecule has 0 aliphatic heterocycles. The summed E-state index contributed by atoms with van der Waals surface area (Å²) in [7, 11) is 0. The van der Waals surface area contributed by atoms with Crippen molar-refractivity contribution < 1.29 is 5.11 Å². The minimum Gasteiger partial charge on any atom is -0.389 e. The molecule has 0 unspecified atom stereocenters. The average Bonchev–Trinajstić information content (AvgIpc) is 3.09. The van der Waals surface area contributed by atoms with Crippen LogP contribution in [0.15, 0.2) is 24.3 Å². The molecule has 1 aromatic carbocycles. The fourth-order valence-corrected chi connectivity index (χ4v) is 5.43. The van der Waals surface area contributed by atoms with Gasteiger partial charge in [0, 0.05) is 6.42 Å². The van der Waals surface area contributed by atoms with E-state index < -0.39 is 5.60 Å². The first-order chi connectivity index (χ1) is 10.2. The third-order valence-corrected chi connectivity index (χ3v) is 6.76. The van der Waals surface area contributed by atoms with E-state index in [2.05, 4.69) is 18.2 Å². The lowest BCUT2D eigenvalue weighted by Crippen LogP contribution is -2.39. The fourth-order valence-electron chi connectivity index (χ4n) is 4.32. The van der Waals surface area contributed by atoms with Crippen molar-refractivity contribution >= 4 is 21.6 Å². The number of para-hydroxylation sites is 1. The summed E-state index contributed by atoms with van der Waals surface area (Å²) in [6.07, 6.45) is 10.7. The van der Waals surface area contributed by atoms with Crippen molar-refractivity contribution in [1.29, 1.82) is 0 Å². The third-order valence-electron chi connectivity index (χ3n) is 5.72. The number of aliphatic hydroxyl groups is 1. The number of thiazole rings is 1. The number of benzene rings is 1. The van der Waals surface area contributed by atoms with E-state index in [4.69, 9.17) is 4.98 Å². The Morgan fingerprint density at radius 2 is 1.71 bits per heavy atom. The second kappa shape index (κ2) is 5.06. The van der Waals surface area contributed by atoms with Crippen molar-refractivity contribution in [3.8, 4) is 0 Å². The minimum atomic E-state index is -0.512. The molecule has 112 valence electrons. The first-order valence-corrected chi connectivity index (χ1v) is 9.05.